The summed E-state index contributed by atoms with van der Waals surface area (Å²) in [6.45, 7) is 11.3. The van der Waals surface area contributed by atoms with Crippen molar-refractivity contribution in [2.24, 2.45) is 0 Å². The third kappa shape index (κ3) is 4.32. The zero-order valence-electron chi connectivity index (χ0n) is 13.4. The van der Waals surface area contributed by atoms with E-state index in [0.29, 0.717) is 0 Å². The predicted molar refractivity (Wildman–Crippen MR) is 87.1 cm³/mol. The molecule has 0 aliphatic carbocycles. The Morgan fingerprint density at radius 3 is 2.80 bits per heavy atom. The van der Waals surface area contributed by atoms with Gasteiger partial charge in [0, 0.05) is 19.1 Å². The quantitative estimate of drug-likeness (QED) is 0.796. The van der Waals surface area contributed by atoms with Gasteiger partial charge in [0.15, 0.2) is 0 Å². The monoisotopic (exact) mass is 274 g/mol. The van der Waals surface area contributed by atoms with Crippen LogP contribution in [0.15, 0.2) is 18.2 Å². The van der Waals surface area contributed by atoms with Crippen molar-refractivity contribution in [2.45, 2.75) is 59.0 Å². The van der Waals surface area contributed by atoms with E-state index in [1.807, 2.05) is 0 Å². The number of hydrogen-bond acceptors (Lipinski definition) is 2. The first kappa shape index (κ1) is 15.5. The van der Waals surface area contributed by atoms with Crippen LogP contribution in [0.3, 0.4) is 0 Å². The molecule has 1 aromatic rings. The molecule has 1 atom stereocenters. The zero-order chi connectivity index (χ0) is 14.4. The SMILES string of the molecule is CCCNCC1CCCCN1Cc1ccc(C)c(C)c1. The van der Waals surface area contributed by atoms with Crippen LogP contribution in [0.2, 0.25) is 0 Å². The molecule has 1 saturated heterocycles. The fourth-order valence-corrected chi connectivity index (χ4v) is 3.08. The minimum absolute atomic E-state index is 0.719. The van der Waals surface area contributed by atoms with E-state index in [0.717, 1.165) is 25.7 Å². The molecule has 112 valence electrons. The van der Waals surface area contributed by atoms with Crippen LogP contribution in [0.25, 0.3) is 0 Å². The summed E-state index contributed by atoms with van der Waals surface area (Å²) >= 11 is 0. The summed E-state index contributed by atoms with van der Waals surface area (Å²) in [7, 11) is 0. The maximum absolute atomic E-state index is 3.60. The number of rotatable bonds is 6. The van der Waals surface area contributed by atoms with E-state index < -0.39 is 0 Å². The van der Waals surface area contributed by atoms with Crippen LogP contribution in [0.5, 0.6) is 0 Å². The average molecular weight is 274 g/mol. The second-order valence-corrected chi connectivity index (χ2v) is 6.24. The van der Waals surface area contributed by atoms with Gasteiger partial charge in [-0.25, -0.2) is 0 Å². The molecule has 1 aromatic carbocycles. The number of likely N-dealkylation sites (tertiary alicyclic amines) is 1. The van der Waals surface area contributed by atoms with Crippen LogP contribution in [-0.4, -0.2) is 30.6 Å². The van der Waals surface area contributed by atoms with Gasteiger partial charge in [-0.3, -0.25) is 4.90 Å². The molecule has 0 amide bonds. The molecule has 0 bridgehead atoms. The van der Waals surface area contributed by atoms with E-state index in [9.17, 15) is 0 Å². The lowest BCUT2D eigenvalue weighted by molar-refractivity contribution is 0.137. The molecular formula is C18H30N2. The van der Waals surface area contributed by atoms with Gasteiger partial charge in [-0.2, -0.15) is 0 Å². The Balaban J connectivity index is 1.95. The minimum Gasteiger partial charge on any atom is -0.315 e. The van der Waals surface area contributed by atoms with Crippen molar-refractivity contribution in [1.29, 1.82) is 0 Å². The molecule has 1 heterocycles. The molecule has 1 aliphatic heterocycles. The fourth-order valence-electron chi connectivity index (χ4n) is 3.08. The number of hydrogen-bond donors (Lipinski definition) is 1. The van der Waals surface area contributed by atoms with Crippen LogP contribution < -0.4 is 5.32 Å². The van der Waals surface area contributed by atoms with Crippen LogP contribution >= 0.6 is 0 Å². The fraction of sp³-hybridized carbons (Fsp3) is 0.667. The van der Waals surface area contributed by atoms with Gasteiger partial charge in [0.25, 0.3) is 0 Å². The Kier molecular flexibility index (Phi) is 6.06. The summed E-state index contributed by atoms with van der Waals surface area (Å²) < 4.78 is 0. The van der Waals surface area contributed by atoms with Crippen molar-refractivity contribution in [3.8, 4) is 0 Å². The first-order valence-corrected chi connectivity index (χ1v) is 8.21. The van der Waals surface area contributed by atoms with E-state index in [-0.39, 0.29) is 0 Å². The summed E-state index contributed by atoms with van der Waals surface area (Å²) in [5.41, 5.74) is 4.28. The molecule has 2 rings (SSSR count). The van der Waals surface area contributed by atoms with Crippen molar-refractivity contribution in [3.05, 3.63) is 34.9 Å². The third-order valence-electron chi connectivity index (χ3n) is 4.51. The maximum atomic E-state index is 3.60. The molecule has 1 aliphatic rings. The Morgan fingerprint density at radius 2 is 2.05 bits per heavy atom. The Labute approximate surface area is 124 Å². The Hall–Kier alpha value is -0.860. The van der Waals surface area contributed by atoms with Crippen molar-refractivity contribution in [3.63, 3.8) is 0 Å². The van der Waals surface area contributed by atoms with E-state index in [1.165, 1.54) is 48.9 Å². The molecule has 1 unspecified atom stereocenters. The highest BCUT2D eigenvalue weighted by molar-refractivity contribution is 5.29. The van der Waals surface area contributed by atoms with Gasteiger partial charge in [0.05, 0.1) is 0 Å². The number of nitrogens with one attached hydrogen (secondary N) is 1. The molecule has 2 heteroatoms. The van der Waals surface area contributed by atoms with E-state index in [2.05, 4.69) is 49.2 Å². The lowest BCUT2D eigenvalue weighted by Crippen LogP contribution is -2.45. The van der Waals surface area contributed by atoms with Crippen LogP contribution in [0.4, 0.5) is 0 Å². The summed E-state index contributed by atoms with van der Waals surface area (Å²) in [6, 6.07) is 7.64. The van der Waals surface area contributed by atoms with Crippen LogP contribution in [0, 0.1) is 13.8 Å². The molecular weight excluding hydrogens is 244 g/mol. The normalized spacial score (nSPS) is 20.2. The number of piperidine rings is 1. The van der Waals surface area contributed by atoms with Crippen molar-refractivity contribution in [2.75, 3.05) is 19.6 Å². The van der Waals surface area contributed by atoms with Crippen LogP contribution in [-0.2, 0) is 6.54 Å². The van der Waals surface area contributed by atoms with E-state index in [4.69, 9.17) is 0 Å². The lowest BCUT2D eigenvalue weighted by Gasteiger charge is -2.36. The Bertz CT molecular complexity index is 414. The molecule has 1 N–H and O–H groups in total. The highest BCUT2D eigenvalue weighted by Gasteiger charge is 2.21. The van der Waals surface area contributed by atoms with Gasteiger partial charge in [-0.1, -0.05) is 31.5 Å². The average Bonchev–Trinajstić information content (AvgIpc) is 2.45. The molecule has 1 fully saturated rings. The lowest BCUT2D eigenvalue weighted by atomic mass is 10.00. The summed E-state index contributed by atoms with van der Waals surface area (Å²) in [4.78, 5) is 2.68. The summed E-state index contributed by atoms with van der Waals surface area (Å²) in [6.07, 6.45) is 5.32. The number of benzene rings is 1. The van der Waals surface area contributed by atoms with E-state index >= 15 is 0 Å². The standard InChI is InChI=1S/C18H30N2/c1-4-10-19-13-18-7-5-6-11-20(18)14-17-9-8-15(2)16(3)12-17/h8-9,12,18-19H,4-7,10-11,13-14H2,1-3H3. The second-order valence-electron chi connectivity index (χ2n) is 6.24. The van der Waals surface area contributed by atoms with Gasteiger partial charge in [-0.15, -0.1) is 0 Å². The van der Waals surface area contributed by atoms with Crippen molar-refractivity contribution >= 4 is 0 Å². The first-order valence-electron chi connectivity index (χ1n) is 8.21. The zero-order valence-corrected chi connectivity index (χ0v) is 13.4. The van der Waals surface area contributed by atoms with Gasteiger partial charge >= 0.3 is 0 Å². The molecule has 0 radical (unpaired) electrons. The number of aryl methyl sites for hydroxylation is 2. The molecule has 0 spiro atoms. The summed E-state index contributed by atoms with van der Waals surface area (Å²) in [5, 5.41) is 3.60. The largest absolute Gasteiger partial charge is 0.315 e. The predicted octanol–water partition coefficient (Wildman–Crippen LogP) is 3.66. The molecule has 0 saturated carbocycles. The minimum atomic E-state index is 0.719. The van der Waals surface area contributed by atoms with Crippen LogP contribution in [0.1, 0.15) is 49.3 Å². The third-order valence-corrected chi connectivity index (χ3v) is 4.51. The molecule has 0 aromatic heterocycles. The molecule has 2 nitrogen and oxygen atoms in total. The van der Waals surface area contributed by atoms with Crippen molar-refractivity contribution < 1.29 is 0 Å². The Morgan fingerprint density at radius 1 is 1.20 bits per heavy atom. The maximum Gasteiger partial charge on any atom is 0.0237 e. The molecule has 20 heavy (non-hydrogen) atoms. The smallest absolute Gasteiger partial charge is 0.0237 e. The topological polar surface area (TPSA) is 15.3 Å². The van der Waals surface area contributed by atoms with Gasteiger partial charge < -0.3 is 5.32 Å². The van der Waals surface area contributed by atoms with E-state index in [1.54, 1.807) is 0 Å². The van der Waals surface area contributed by atoms with Gasteiger partial charge in [-0.05, 0) is 62.9 Å². The first-order chi connectivity index (χ1) is 9.70. The highest BCUT2D eigenvalue weighted by Crippen LogP contribution is 2.20. The van der Waals surface area contributed by atoms with Gasteiger partial charge in [0.1, 0.15) is 0 Å². The van der Waals surface area contributed by atoms with Gasteiger partial charge in [0.2, 0.25) is 0 Å². The second kappa shape index (κ2) is 7.80. The summed E-state index contributed by atoms with van der Waals surface area (Å²) in [5.74, 6) is 0. The number of nitrogens with zero attached hydrogens (tertiary/aromatic N) is 1. The highest BCUT2D eigenvalue weighted by atomic mass is 15.2. The van der Waals surface area contributed by atoms with Crippen molar-refractivity contribution in [1.82, 2.24) is 10.2 Å².